The van der Waals surface area contributed by atoms with Crippen LogP contribution in [0.2, 0.25) is 5.02 Å². The molecule has 0 bridgehead atoms. The van der Waals surface area contributed by atoms with E-state index in [4.69, 9.17) is 16.3 Å². The lowest BCUT2D eigenvalue weighted by Gasteiger charge is -2.36. The molecule has 2 aliphatic rings. The number of carboxylic acids is 1. The highest BCUT2D eigenvalue weighted by Gasteiger charge is 2.29. The fourth-order valence-corrected chi connectivity index (χ4v) is 5.54. The number of fused-ring (bicyclic) bond motifs is 1. The fourth-order valence-electron chi connectivity index (χ4n) is 5.27. The zero-order chi connectivity index (χ0) is 22.0. The molecular formula is C26H34ClNO3. The molecule has 4 nitrogen and oxygen atoms in total. The van der Waals surface area contributed by atoms with Crippen LogP contribution in [0.25, 0.3) is 10.8 Å². The van der Waals surface area contributed by atoms with E-state index in [2.05, 4.69) is 43.0 Å². The molecule has 1 heterocycles. The summed E-state index contributed by atoms with van der Waals surface area (Å²) in [6, 6.07) is 10.9. The summed E-state index contributed by atoms with van der Waals surface area (Å²) in [5.74, 6) is 0.717. The third-order valence-electron chi connectivity index (χ3n) is 7.29. The number of likely N-dealkylation sites (tertiary alicyclic amines) is 1. The molecule has 0 aromatic heterocycles. The Bertz CT molecular complexity index is 914. The van der Waals surface area contributed by atoms with E-state index < -0.39 is 5.97 Å². The number of ether oxygens (including phenoxy) is 1. The molecule has 2 fully saturated rings. The summed E-state index contributed by atoms with van der Waals surface area (Å²) in [6.07, 6.45) is 7.31. The predicted octanol–water partition coefficient (Wildman–Crippen LogP) is 6.70. The van der Waals surface area contributed by atoms with Gasteiger partial charge in [-0.3, -0.25) is 9.69 Å². The largest absolute Gasteiger partial charge is 0.489 e. The van der Waals surface area contributed by atoms with Crippen LogP contribution in [0.5, 0.6) is 5.75 Å². The topological polar surface area (TPSA) is 49.8 Å². The number of piperidine rings is 1. The van der Waals surface area contributed by atoms with Gasteiger partial charge in [0.15, 0.2) is 0 Å². The Morgan fingerprint density at radius 3 is 2.45 bits per heavy atom. The minimum Gasteiger partial charge on any atom is -0.489 e. The predicted molar refractivity (Wildman–Crippen MR) is 126 cm³/mol. The van der Waals surface area contributed by atoms with E-state index in [1.54, 1.807) is 0 Å². The van der Waals surface area contributed by atoms with Gasteiger partial charge >= 0.3 is 5.97 Å². The van der Waals surface area contributed by atoms with Crippen molar-refractivity contribution in [3.05, 3.63) is 40.9 Å². The number of hydrogen-bond acceptors (Lipinski definition) is 3. The number of halogens is 1. The zero-order valence-corrected chi connectivity index (χ0v) is 19.4. The van der Waals surface area contributed by atoms with Gasteiger partial charge in [-0.2, -0.15) is 0 Å². The van der Waals surface area contributed by atoms with Gasteiger partial charge in [-0.15, -0.1) is 0 Å². The second-order valence-electron chi connectivity index (χ2n) is 9.43. The fraction of sp³-hybridized carbons (Fsp3) is 0.577. The third kappa shape index (κ3) is 5.01. The summed E-state index contributed by atoms with van der Waals surface area (Å²) >= 11 is 6.85. The molecule has 0 radical (unpaired) electrons. The van der Waals surface area contributed by atoms with Crippen LogP contribution in [-0.2, 0) is 4.79 Å². The molecule has 1 atom stereocenters. The number of nitrogens with zero attached hydrogens (tertiary/aromatic N) is 1. The van der Waals surface area contributed by atoms with Crippen LogP contribution in [0.3, 0.4) is 0 Å². The minimum absolute atomic E-state index is 0.206. The summed E-state index contributed by atoms with van der Waals surface area (Å²) in [6.45, 7) is 6.16. The molecule has 1 saturated heterocycles. The third-order valence-corrected chi connectivity index (χ3v) is 7.68. The van der Waals surface area contributed by atoms with Gasteiger partial charge in [-0.05, 0) is 87.0 Å². The number of carboxylic acid groups (broad SMARTS) is 1. The van der Waals surface area contributed by atoms with E-state index in [0.29, 0.717) is 5.02 Å². The summed E-state index contributed by atoms with van der Waals surface area (Å²) < 4.78 is 6.32. The van der Waals surface area contributed by atoms with Crippen molar-refractivity contribution in [2.24, 2.45) is 11.8 Å². The average Bonchev–Trinajstić information content (AvgIpc) is 2.78. The van der Waals surface area contributed by atoms with Crippen molar-refractivity contribution in [3.63, 3.8) is 0 Å². The zero-order valence-electron chi connectivity index (χ0n) is 18.6. The van der Waals surface area contributed by atoms with Crippen molar-refractivity contribution in [2.45, 2.75) is 70.9 Å². The second kappa shape index (κ2) is 9.79. The molecule has 4 rings (SSSR count). The normalized spacial score (nSPS) is 24.2. The van der Waals surface area contributed by atoms with Gasteiger partial charge in [0.2, 0.25) is 0 Å². The molecule has 0 amide bonds. The van der Waals surface area contributed by atoms with E-state index in [0.717, 1.165) is 67.6 Å². The van der Waals surface area contributed by atoms with Crippen molar-refractivity contribution >= 4 is 28.3 Å². The van der Waals surface area contributed by atoms with E-state index in [-0.39, 0.29) is 18.1 Å². The Balaban J connectivity index is 1.54. The molecule has 2 aromatic carbocycles. The van der Waals surface area contributed by atoms with Crippen LogP contribution in [0.4, 0.5) is 0 Å². The van der Waals surface area contributed by atoms with E-state index in [1.807, 2.05) is 6.07 Å². The first kappa shape index (κ1) is 22.4. The molecular weight excluding hydrogens is 410 g/mol. The number of aliphatic carboxylic acids is 1. The Kier molecular flexibility index (Phi) is 7.08. The first-order chi connectivity index (χ1) is 15.0. The Labute approximate surface area is 190 Å². The molecule has 1 aliphatic carbocycles. The van der Waals surface area contributed by atoms with Crippen LogP contribution in [0.1, 0.15) is 70.4 Å². The summed E-state index contributed by atoms with van der Waals surface area (Å²) in [7, 11) is 0. The maximum atomic E-state index is 11.3. The number of carbonyl (C=O) groups is 1. The van der Waals surface area contributed by atoms with Crippen LogP contribution in [0.15, 0.2) is 30.3 Å². The average molecular weight is 444 g/mol. The van der Waals surface area contributed by atoms with Crippen molar-refractivity contribution in [3.8, 4) is 5.75 Å². The van der Waals surface area contributed by atoms with Crippen molar-refractivity contribution < 1.29 is 14.6 Å². The maximum absolute atomic E-state index is 11.3. The smallest absolute Gasteiger partial charge is 0.306 e. The number of rotatable bonds is 6. The molecule has 1 aliphatic heterocycles. The molecule has 168 valence electrons. The summed E-state index contributed by atoms with van der Waals surface area (Å²) in [4.78, 5) is 13.7. The molecule has 2 aromatic rings. The van der Waals surface area contributed by atoms with Crippen LogP contribution in [0, 0.1) is 11.8 Å². The van der Waals surface area contributed by atoms with E-state index in [9.17, 15) is 9.90 Å². The van der Waals surface area contributed by atoms with Gasteiger partial charge in [0, 0.05) is 11.4 Å². The Hall–Kier alpha value is -1.78. The van der Waals surface area contributed by atoms with E-state index in [1.165, 1.54) is 18.4 Å². The quantitative estimate of drug-likeness (QED) is 0.539. The van der Waals surface area contributed by atoms with Gasteiger partial charge in [0.25, 0.3) is 0 Å². The highest BCUT2D eigenvalue weighted by molar-refractivity contribution is 6.37. The standard InChI is InChI=1S/C26H34ClNO3/c1-3-23(28-14-12-19(13-15-28)26(29)30)20-7-6-18-8-11-24(25(27)22(18)16-20)31-21-9-4-17(2)5-10-21/h6-8,11,16-17,19,21,23H,3-5,9-10,12-15H2,1-2H3,(H,29,30). The molecule has 31 heavy (non-hydrogen) atoms. The molecule has 1 N–H and O–H groups in total. The van der Waals surface area contributed by atoms with Crippen molar-refractivity contribution in [1.82, 2.24) is 4.90 Å². The van der Waals surface area contributed by atoms with E-state index >= 15 is 0 Å². The Morgan fingerprint density at radius 2 is 1.81 bits per heavy atom. The van der Waals surface area contributed by atoms with Gasteiger partial charge < -0.3 is 9.84 Å². The van der Waals surface area contributed by atoms with Gasteiger partial charge in [0.05, 0.1) is 17.0 Å². The van der Waals surface area contributed by atoms with Crippen LogP contribution in [-0.4, -0.2) is 35.2 Å². The lowest BCUT2D eigenvalue weighted by Crippen LogP contribution is -2.38. The molecule has 1 unspecified atom stereocenters. The highest BCUT2D eigenvalue weighted by atomic mass is 35.5. The Morgan fingerprint density at radius 1 is 1.13 bits per heavy atom. The lowest BCUT2D eigenvalue weighted by molar-refractivity contribution is -0.143. The van der Waals surface area contributed by atoms with Crippen LogP contribution < -0.4 is 4.74 Å². The van der Waals surface area contributed by atoms with Gasteiger partial charge in [-0.25, -0.2) is 0 Å². The molecule has 1 saturated carbocycles. The SMILES string of the molecule is CCC(c1ccc2ccc(OC3CCC(C)CC3)c(Cl)c2c1)N1CCC(C(=O)O)CC1. The van der Waals surface area contributed by atoms with Gasteiger partial charge in [-0.1, -0.05) is 43.6 Å². The van der Waals surface area contributed by atoms with Crippen LogP contribution >= 0.6 is 11.6 Å². The van der Waals surface area contributed by atoms with Gasteiger partial charge in [0.1, 0.15) is 5.75 Å². The van der Waals surface area contributed by atoms with Crippen molar-refractivity contribution in [2.75, 3.05) is 13.1 Å². The highest BCUT2D eigenvalue weighted by Crippen LogP contribution is 2.38. The molecule has 5 heteroatoms. The number of benzene rings is 2. The summed E-state index contributed by atoms with van der Waals surface area (Å²) in [5.41, 5.74) is 1.24. The van der Waals surface area contributed by atoms with Crippen molar-refractivity contribution in [1.29, 1.82) is 0 Å². The maximum Gasteiger partial charge on any atom is 0.306 e. The summed E-state index contributed by atoms with van der Waals surface area (Å²) in [5, 5.41) is 12.2. The number of hydrogen-bond donors (Lipinski definition) is 1. The minimum atomic E-state index is -0.662. The lowest BCUT2D eigenvalue weighted by atomic mass is 9.89. The first-order valence-corrected chi connectivity index (χ1v) is 12.2. The first-order valence-electron chi connectivity index (χ1n) is 11.8. The second-order valence-corrected chi connectivity index (χ2v) is 9.81. The molecule has 0 spiro atoms. The monoisotopic (exact) mass is 443 g/mol.